The molecule has 2 heterocycles. The quantitative estimate of drug-likeness (QED) is 0.161. The molecule has 4 nitrogen and oxygen atoms in total. The topological polar surface area (TPSA) is 24.9 Å². The number of anilines is 6. The van der Waals surface area contributed by atoms with Crippen LogP contribution in [0.1, 0.15) is 0 Å². The highest BCUT2D eigenvalue weighted by molar-refractivity contribution is 6.24. The first-order valence-electron chi connectivity index (χ1n) is 23.2. The Morgan fingerprint density at radius 2 is 0.632 bits per heavy atom. The molecule has 2 aliphatic heterocycles. The summed E-state index contributed by atoms with van der Waals surface area (Å²) in [5.41, 5.74) is 13.1. The summed E-state index contributed by atoms with van der Waals surface area (Å²) in [6.07, 6.45) is 0. The van der Waals surface area contributed by atoms with Crippen molar-refractivity contribution in [3.63, 3.8) is 0 Å². The number of hydrogen-bond donors (Lipinski definition) is 0. The zero-order chi connectivity index (χ0) is 44.7. The Labute approximate surface area is 393 Å². The number of hydrogen-bond acceptors (Lipinski definition) is 4. The first-order valence-corrected chi connectivity index (χ1v) is 23.2. The summed E-state index contributed by atoms with van der Waals surface area (Å²) in [6.45, 7) is 0. The van der Waals surface area contributed by atoms with Crippen molar-refractivity contribution in [2.45, 2.75) is 0 Å². The third kappa shape index (κ3) is 6.01. The largest absolute Gasteiger partial charge is 0.453 e. The zero-order valence-corrected chi connectivity index (χ0v) is 36.8. The van der Waals surface area contributed by atoms with Crippen molar-refractivity contribution in [1.82, 2.24) is 0 Å². The summed E-state index contributed by atoms with van der Waals surface area (Å²) in [4.78, 5) is 4.70. The highest BCUT2D eigenvalue weighted by Gasteiger charge is 2.29. The van der Waals surface area contributed by atoms with Crippen LogP contribution in [-0.4, -0.2) is 0 Å². The molecule has 0 spiro atoms. The number of rotatable bonds is 5. The van der Waals surface area contributed by atoms with Crippen molar-refractivity contribution >= 4 is 77.2 Å². The molecule has 0 atom stereocenters. The molecule has 4 heteroatoms. The van der Waals surface area contributed by atoms with Gasteiger partial charge in [-0.15, -0.1) is 0 Å². The predicted molar refractivity (Wildman–Crippen MR) is 282 cm³/mol. The average molecular weight is 869 g/mol. The van der Waals surface area contributed by atoms with Crippen LogP contribution < -0.4 is 19.3 Å². The fourth-order valence-corrected chi connectivity index (χ4v) is 10.7. The van der Waals surface area contributed by atoms with Crippen LogP contribution in [0.25, 0.3) is 76.5 Å². The molecular weight excluding hydrogens is 829 g/mol. The van der Waals surface area contributed by atoms with Crippen molar-refractivity contribution in [3.05, 3.63) is 243 Å². The van der Waals surface area contributed by atoms with Crippen LogP contribution in [0, 0.1) is 0 Å². The molecule has 0 fully saturated rings. The molecule has 0 saturated heterocycles. The van der Waals surface area contributed by atoms with Gasteiger partial charge in [0.2, 0.25) is 0 Å². The van der Waals surface area contributed by atoms with Crippen molar-refractivity contribution < 1.29 is 9.47 Å². The van der Waals surface area contributed by atoms with E-state index in [-0.39, 0.29) is 0 Å². The van der Waals surface area contributed by atoms with Gasteiger partial charge < -0.3 is 19.3 Å². The molecule has 0 amide bonds. The number of benzene rings is 12. The van der Waals surface area contributed by atoms with E-state index in [2.05, 4.69) is 228 Å². The smallest absolute Gasteiger partial charge is 0.151 e. The lowest BCUT2D eigenvalue weighted by molar-refractivity contribution is 0.477. The summed E-state index contributed by atoms with van der Waals surface area (Å²) >= 11 is 0. The second kappa shape index (κ2) is 15.2. The van der Waals surface area contributed by atoms with E-state index in [1.165, 1.54) is 43.8 Å². The minimum Gasteiger partial charge on any atom is -0.453 e. The van der Waals surface area contributed by atoms with E-state index in [4.69, 9.17) is 9.47 Å². The summed E-state index contributed by atoms with van der Waals surface area (Å²) in [5, 5.41) is 9.47. The van der Waals surface area contributed by atoms with Crippen LogP contribution in [0.15, 0.2) is 243 Å². The molecule has 0 bridgehead atoms. The van der Waals surface area contributed by atoms with Gasteiger partial charge >= 0.3 is 0 Å². The maximum absolute atomic E-state index is 6.53. The monoisotopic (exact) mass is 868 g/mol. The van der Waals surface area contributed by atoms with Crippen LogP contribution in [0.3, 0.4) is 0 Å². The molecule has 68 heavy (non-hydrogen) atoms. The molecule has 0 saturated carbocycles. The Morgan fingerprint density at radius 3 is 1.15 bits per heavy atom. The van der Waals surface area contributed by atoms with E-state index >= 15 is 0 Å². The van der Waals surface area contributed by atoms with Gasteiger partial charge in [0.1, 0.15) is 0 Å². The van der Waals surface area contributed by atoms with Crippen LogP contribution in [0.4, 0.5) is 34.1 Å². The third-order valence-corrected chi connectivity index (χ3v) is 13.8. The number of ether oxygens (including phenoxy) is 2. The second-order valence-electron chi connectivity index (χ2n) is 17.6. The molecule has 0 aliphatic carbocycles. The van der Waals surface area contributed by atoms with E-state index in [0.717, 1.165) is 89.8 Å². The second-order valence-corrected chi connectivity index (χ2v) is 17.6. The lowest BCUT2D eigenvalue weighted by atomic mass is 9.83. The third-order valence-electron chi connectivity index (χ3n) is 13.8. The number of para-hydroxylation sites is 8. The minimum absolute atomic E-state index is 0.822. The van der Waals surface area contributed by atoms with E-state index in [1.54, 1.807) is 0 Å². The van der Waals surface area contributed by atoms with E-state index in [1.807, 2.05) is 24.3 Å². The summed E-state index contributed by atoms with van der Waals surface area (Å²) in [7, 11) is 0. The van der Waals surface area contributed by atoms with Crippen molar-refractivity contribution in [2.24, 2.45) is 0 Å². The normalized spacial score (nSPS) is 12.6. The Balaban J connectivity index is 1.11. The number of fused-ring (bicyclic) bond motifs is 8. The van der Waals surface area contributed by atoms with Crippen molar-refractivity contribution in [1.29, 1.82) is 0 Å². The molecule has 318 valence electrons. The molecule has 2 aliphatic rings. The van der Waals surface area contributed by atoms with Gasteiger partial charge in [-0.2, -0.15) is 0 Å². The fraction of sp³-hybridized carbons (Fsp3) is 0. The molecule has 14 rings (SSSR count). The maximum Gasteiger partial charge on any atom is 0.151 e. The fourth-order valence-electron chi connectivity index (χ4n) is 10.7. The van der Waals surface area contributed by atoms with Gasteiger partial charge in [-0.05, 0) is 161 Å². The summed E-state index contributed by atoms with van der Waals surface area (Å²) in [6, 6.07) is 87.4. The van der Waals surface area contributed by atoms with Crippen LogP contribution in [-0.2, 0) is 0 Å². The van der Waals surface area contributed by atoms with E-state index in [0.29, 0.717) is 0 Å². The van der Waals surface area contributed by atoms with Gasteiger partial charge in [0, 0.05) is 11.4 Å². The Morgan fingerprint density at radius 1 is 0.250 bits per heavy atom. The summed E-state index contributed by atoms with van der Waals surface area (Å²) in [5.74, 6) is 3.29. The lowest BCUT2D eigenvalue weighted by Crippen LogP contribution is -2.16. The molecular formula is C64H40N2O2. The lowest BCUT2D eigenvalue weighted by Gasteiger charge is -2.33. The SMILES string of the molecule is c1ccc2c(c1)Oc1ccccc1N2c1ccc2c(-c3ccccc3-c3ccc4ccccc4c3)c3cc(N4c5ccccc5Oc5ccccc54)ccc3c(-c3ccc4ccccc4c3)c2c1. The standard InChI is InChI=1S/C64H40N2O2/c1-3-17-43-37-45(31-29-41(43)15-1)49-19-5-6-20-50(49)64-52-36-34-47(65-55-21-7-11-25-59(55)67-60-26-12-8-22-56(60)65)39-53(52)63(46-32-30-42-16-2-4-18-44(42)38-46)51-35-33-48(40-54(51)64)66-57-23-9-13-27-61(57)68-62-28-14-10-24-58(62)66/h1-40H. The van der Waals surface area contributed by atoms with Gasteiger partial charge in [-0.3, -0.25) is 0 Å². The molecule has 0 N–H and O–H groups in total. The van der Waals surface area contributed by atoms with Gasteiger partial charge in [0.15, 0.2) is 23.0 Å². The molecule has 12 aromatic rings. The first kappa shape index (κ1) is 38.2. The molecule has 12 aromatic carbocycles. The van der Waals surface area contributed by atoms with E-state index in [9.17, 15) is 0 Å². The maximum atomic E-state index is 6.53. The van der Waals surface area contributed by atoms with Crippen LogP contribution >= 0.6 is 0 Å². The van der Waals surface area contributed by atoms with E-state index < -0.39 is 0 Å². The highest BCUT2D eigenvalue weighted by atomic mass is 16.5. The Hall–Kier alpha value is -9.12. The van der Waals surface area contributed by atoms with Crippen LogP contribution in [0.5, 0.6) is 23.0 Å². The Bertz CT molecular complexity index is 3930. The minimum atomic E-state index is 0.822. The van der Waals surface area contributed by atoms with Crippen molar-refractivity contribution in [2.75, 3.05) is 9.80 Å². The van der Waals surface area contributed by atoms with Gasteiger partial charge in [-0.1, -0.05) is 158 Å². The Kier molecular flexibility index (Phi) is 8.55. The molecule has 0 aromatic heterocycles. The van der Waals surface area contributed by atoms with Crippen molar-refractivity contribution in [3.8, 4) is 56.4 Å². The molecule has 0 radical (unpaired) electrons. The summed E-state index contributed by atoms with van der Waals surface area (Å²) < 4.78 is 13.0. The van der Waals surface area contributed by atoms with Gasteiger partial charge in [0.25, 0.3) is 0 Å². The van der Waals surface area contributed by atoms with Gasteiger partial charge in [-0.25, -0.2) is 0 Å². The number of nitrogens with zero attached hydrogens (tertiary/aromatic N) is 2. The van der Waals surface area contributed by atoms with Crippen LogP contribution in [0.2, 0.25) is 0 Å². The highest BCUT2D eigenvalue weighted by Crippen LogP contribution is 2.55. The molecule has 0 unspecified atom stereocenters. The first-order chi connectivity index (χ1) is 33.7. The van der Waals surface area contributed by atoms with Gasteiger partial charge in [0.05, 0.1) is 22.7 Å². The predicted octanol–water partition coefficient (Wildman–Crippen LogP) is 18.5. The average Bonchev–Trinajstić information content (AvgIpc) is 3.40. The zero-order valence-electron chi connectivity index (χ0n) is 36.8.